The lowest BCUT2D eigenvalue weighted by Crippen LogP contribution is -2.14. The molecule has 1 unspecified atom stereocenters. The van der Waals surface area contributed by atoms with Crippen LogP contribution >= 0.6 is 11.6 Å². The smallest absolute Gasteiger partial charge is 0.139 e. The number of fused-ring (bicyclic) bond motifs is 1. The van der Waals surface area contributed by atoms with Crippen LogP contribution in [0.5, 0.6) is 0 Å². The van der Waals surface area contributed by atoms with E-state index in [2.05, 4.69) is 10.3 Å². The Morgan fingerprint density at radius 1 is 1.14 bits per heavy atom. The van der Waals surface area contributed by atoms with Crippen LogP contribution in [0.3, 0.4) is 0 Å². The minimum Gasteiger partial charge on any atom is -0.387 e. The lowest BCUT2D eigenvalue weighted by molar-refractivity contribution is 0.191. The number of rotatable bonds is 4. The van der Waals surface area contributed by atoms with Crippen LogP contribution in [0.25, 0.3) is 10.8 Å². The monoisotopic (exact) mass is 312 g/mol. The Morgan fingerprint density at radius 2 is 1.86 bits per heavy atom. The van der Waals surface area contributed by atoms with Gasteiger partial charge in [-0.1, -0.05) is 60.1 Å². The number of pyridine rings is 1. The zero-order valence-electron chi connectivity index (χ0n) is 12.3. The summed E-state index contributed by atoms with van der Waals surface area (Å²) < 4.78 is 0. The van der Waals surface area contributed by atoms with Crippen molar-refractivity contribution in [3.63, 3.8) is 0 Å². The molecule has 0 amide bonds. The maximum absolute atomic E-state index is 10.3. The highest BCUT2D eigenvalue weighted by Crippen LogP contribution is 2.25. The topological polar surface area (TPSA) is 45.1 Å². The normalized spacial score (nSPS) is 12.3. The number of hydrogen-bond donors (Lipinski definition) is 2. The predicted molar refractivity (Wildman–Crippen MR) is 91.4 cm³/mol. The third-order valence-corrected chi connectivity index (χ3v) is 4.01. The summed E-state index contributed by atoms with van der Waals surface area (Å²) >= 11 is 6.21. The first-order valence-corrected chi connectivity index (χ1v) is 7.55. The Labute approximate surface area is 134 Å². The first-order valence-electron chi connectivity index (χ1n) is 7.18. The average molecular weight is 313 g/mol. The zero-order chi connectivity index (χ0) is 15.5. The number of anilines is 1. The quantitative estimate of drug-likeness (QED) is 0.704. The molecule has 4 heteroatoms. The summed E-state index contributed by atoms with van der Waals surface area (Å²) in [5, 5.41) is 15.9. The summed E-state index contributed by atoms with van der Waals surface area (Å²) in [7, 11) is 0. The van der Waals surface area contributed by atoms with Gasteiger partial charge in [0, 0.05) is 11.9 Å². The SMILES string of the molecule is Cc1ccccc1C(O)CNc1cc2ccccc2c(Cl)n1. The molecule has 1 heterocycles. The number of halogens is 1. The van der Waals surface area contributed by atoms with Gasteiger partial charge in [-0.25, -0.2) is 4.98 Å². The molecule has 3 nitrogen and oxygen atoms in total. The molecule has 0 saturated carbocycles. The second-order valence-corrected chi connectivity index (χ2v) is 5.63. The Balaban J connectivity index is 1.78. The van der Waals surface area contributed by atoms with Crippen molar-refractivity contribution in [1.82, 2.24) is 4.98 Å². The number of nitrogens with zero attached hydrogens (tertiary/aromatic N) is 1. The van der Waals surface area contributed by atoms with E-state index in [1.54, 1.807) is 0 Å². The molecule has 1 aromatic heterocycles. The molecule has 0 spiro atoms. The van der Waals surface area contributed by atoms with Crippen molar-refractivity contribution in [3.05, 3.63) is 70.9 Å². The molecule has 0 aliphatic rings. The second-order valence-electron chi connectivity index (χ2n) is 5.27. The molecule has 3 rings (SSSR count). The molecule has 3 aromatic rings. The fourth-order valence-corrected chi connectivity index (χ4v) is 2.78. The van der Waals surface area contributed by atoms with Crippen molar-refractivity contribution in [1.29, 1.82) is 0 Å². The van der Waals surface area contributed by atoms with Crippen LogP contribution < -0.4 is 5.32 Å². The lowest BCUT2D eigenvalue weighted by Gasteiger charge is -2.15. The molecule has 112 valence electrons. The number of nitrogens with one attached hydrogen (secondary N) is 1. The third-order valence-electron chi connectivity index (χ3n) is 3.72. The maximum Gasteiger partial charge on any atom is 0.139 e. The maximum atomic E-state index is 10.3. The largest absolute Gasteiger partial charge is 0.387 e. The van der Waals surface area contributed by atoms with E-state index in [9.17, 15) is 5.11 Å². The molecule has 2 aromatic carbocycles. The van der Waals surface area contributed by atoms with Gasteiger partial charge in [0.05, 0.1) is 6.10 Å². The van der Waals surface area contributed by atoms with Gasteiger partial charge < -0.3 is 10.4 Å². The summed E-state index contributed by atoms with van der Waals surface area (Å²) in [6.45, 7) is 2.37. The molecular formula is C18H17ClN2O. The fraction of sp³-hybridized carbons (Fsp3) is 0.167. The number of aliphatic hydroxyl groups is 1. The molecule has 0 aliphatic carbocycles. The molecule has 0 saturated heterocycles. The Hall–Kier alpha value is -2.10. The van der Waals surface area contributed by atoms with E-state index in [4.69, 9.17) is 11.6 Å². The average Bonchev–Trinajstić information content (AvgIpc) is 2.53. The van der Waals surface area contributed by atoms with Gasteiger partial charge in [-0.05, 0) is 29.5 Å². The van der Waals surface area contributed by atoms with Crippen LogP contribution in [-0.4, -0.2) is 16.6 Å². The van der Waals surface area contributed by atoms with Gasteiger partial charge in [0.2, 0.25) is 0 Å². The van der Waals surface area contributed by atoms with Crippen molar-refractivity contribution in [2.24, 2.45) is 0 Å². The minimum absolute atomic E-state index is 0.381. The molecule has 0 bridgehead atoms. The first kappa shape index (κ1) is 14.8. The van der Waals surface area contributed by atoms with E-state index in [0.29, 0.717) is 17.5 Å². The summed E-state index contributed by atoms with van der Waals surface area (Å²) in [6, 6.07) is 17.6. The lowest BCUT2D eigenvalue weighted by atomic mass is 10.0. The van der Waals surface area contributed by atoms with Gasteiger partial charge >= 0.3 is 0 Å². The Morgan fingerprint density at radius 3 is 2.68 bits per heavy atom. The number of aromatic nitrogens is 1. The summed E-state index contributed by atoms with van der Waals surface area (Å²) in [5.41, 5.74) is 1.99. The van der Waals surface area contributed by atoms with E-state index in [1.807, 2.05) is 61.5 Å². The molecule has 1 atom stereocenters. The van der Waals surface area contributed by atoms with Gasteiger partial charge in [-0.2, -0.15) is 0 Å². The minimum atomic E-state index is -0.590. The Bertz CT molecular complexity index is 804. The molecule has 2 N–H and O–H groups in total. The molecule has 0 radical (unpaired) electrons. The summed E-state index contributed by atoms with van der Waals surface area (Å²) in [6.07, 6.45) is -0.590. The van der Waals surface area contributed by atoms with E-state index in [1.165, 1.54) is 0 Å². The molecule has 22 heavy (non-hydrogen) atoms. The summed E-state index contributed by atoms with van der Waals surface area (Å²) in [5.74, 6) is 0.663. The molecular weight excluding hydrogens is 296 g/mol. The fourth-order valence-electron chi connectivity index (χ4n) is 2.52. The number of aliphatic hydroxyl groups excluding tert-OH is 1. The van der Waals surface area contributed by atoms with E-state index < -0.39 is 6.10 Å². The number of hydrogen-bond acceptors (Lipinski definition) is 3. The van der Waals surface area contributed by atoms with Crippen molar-refractivity contribution in [3.8, 4) is 0 Å². The van der Waals surface area contributed by atoms with Crippen molar-refractivity contribution in [2.45, 2.75) is 13.0 Å². The van der Waals surface area contributed by atoms with Crippen LogP contribution in [0.15, 0.2) is 54.6 Å². The van der Waals surface area contributed by atoms with Crippen LogP contribution in [-0.2, 0) is 0 Å². The van der Waals surface area contributed by atoms with Gasteiger partial charge in [-0.15, -0.1) is 0 Å². The van der Waals surface area contributed by atoms with Gasteiger partial charge in [0.1, 0.15) is 11.0 Å². The van der Waals surface area contributed by atoms with Crippen LogP contribution in [0.1, 0.15) is 17.2 Å². The van der Waals surface area contributed by atoms with Crippen LogP contribution in [0.4, 0.5) is 5.82 Å². The van der Waals surface area contributed by atoms with Crippen molar-refractivity contribution >= 4 is 28.2 Å². The highest BCUT2D eigenvalue weighted by atomic mass is 35.5. The number of aryl methyl sites for hydroxylation is 1. The molecule has 0 fully saturated rings. The second kappa shape index (κ2) is 6.34. The van der Waals surface area contributed by atoms with Crippen molar-refractivity contribution < 1.29 is 5.11 Å². The highest BCUT2D eigenvalue weighted by molar-refractivity contribution is 6.34. The van der Waals surface area contributed by atoms with Gasteiger partial charge in [0.25, 0.3) is 0 Å². The first-order chi connectivity index (χ1) is 10.6. The third kappa shape index (κ3) is 3.06. The predicted octanol–water partition coefficient (Wildman–Crippen LogP) is 4.34. The van der Waals surface area contributed by atoms with Crippen molar-refractivity contribution in [2.75, 3.05) is 11.9 Å². The molecule has 0 aliphatic heterocycles. The Kier molecular flexibility index (Phi) is 4.27. The van der Waals surface area contributed by atoms with E-state index in [0.717, 1.165) is 21.9 Å². The highest BCUT2D eigenvalue weighted by Gasteiger charge is 2.10. The standard InChI is InChI=1S/C18H17ClN2O/c1-12-6-2-4-8-14(12)16(22)11-20-17-10-13-7-3-5-9-15(13)18(19)21-17/h2-10,16,22H,11H2,1H3,(H,20,21). The van der Waals surface area contributed by atoms with Crippen LogP contribution in [0, 0.1) is 6.92 Å². The zero-order valence-corrected chi connectivity index (χ0v) is 13.0. The van der Waals surface area contributed by atoms with Gasteiger partial charge in [0.15, 0.2) is 0 Å². The van der Waals surface area contributed by atoms with Crippen LogP contribution in [0.2, 0.25) is 5.15 Å². The van der Waals surface area contributed by atoms with E-state index in [-0.39, 0.29) is 0 Å². The summed E-state index contributed by atoms with van der Waals surface area (Å²) in [4.78, 5) is 4.33. The number of benzene rings is 2. The van der Waals surface area contributed by atoms with Gasteiger partial charge in [-0.3, -0.25) is 0 Å². The van der Waals surface area contributed by atoms with E-state index >= 15 is 0 Å².